The van der Waals surface area contributed by atoms with Crippen LogP contribution in [0.1, 0.15) is 12.0 Å². The van der Waals surface area contributed by atoms with Crippen LogP contribution < -0.4 is 10.6 Å². The van der Waals surface area contributed by atoms with Crippen molar-refractivity contribution in [3.05, 3.63) is 48.5 Å². The third-order valence-electron chi connectivity index (χ3n) is 4.44. The molecule has 2 heterocycles. The van der Waals surface area contributed by atoms with Crippen LogP contribution in [-0.2, 0) is 36.9 Å². The van der Waals surface area contributed by atoms with E-state index in [4.69, 9.17) is 0 Å². The first-order valence-electron chi connectivity index (χ1n) is 9.39. The van der Waals surface area contributed by atoms with Gasteiger partial charge in [0.1, 0.15) is 24.4 Å². The molecule has 1 atom stereocenters. The Kier molecular flexibility index (Phi) is 7.09. The molecule has 2 N–H and O–H groups in total. The summed E-state index contributed by atoms with van der Waals surface area (Å²) in [5, 5.41) is 5.69. The second-order valence-electron chi connectivity index (χ2n) is 6.53. The van der Waals surface area contributed by atoms with E-state index >= 15 is 0 Å². The Labute approximate surface area is 177 Å². The molecule has 31 heavy (non-hydrogen) atoms. The van der Waals surface area contributed by atoms with E-state index in [0.717, 1.165) is 5.56 Å². The minimum Gasteiger partial charge on any atom is -0.469 e. The molecule has 1 amide bonds. The van der Waals surface area contributed by atoms with E-state index in [-0.39, 0.29) is 13.0 Å². The average Bonchev–Trinajstić information content (AvgIpc) is 3.20. The van der Waals surface area contributed by atoms with Gasteiger partial charge in [-0.1, -0.05) is 30.3 Å². The van der Waals surface area contributed by atoms with E-state index in [1.54, 1.807) is 0 Å². The van der Waals surface area contributed by atoms with Crippen molar-refractivity contribution in [1.29, 1.82) is 0 Å². The summed E-state index contributed by atoms with van der Waals surface area (Å²) in [4.78, 5) is 48.6. The largest absolute Gasteiger partial charge is 0.469 e. The van der Waals surface area contributed by atoms with Crippen molar-refractivity contribution in [2.45, 2.75) is 25.6 Å². The number of hydrogen-bond acceptors (Lipinski definition) is 9. The molecule has 0 spiro atoms. The van der Waals surface area contributed by atoms with Gasteiger partial charge in [-0.2, -0.15) is 0 Å². The molecule has 0 aliphatic rings. The first-order chi connectivity index (χ1) is 15.0. The van der Waals surface area contributed by atoms with Gasteiger partial charge in [0.15, 0.2) is 11.5 Å². The molecule has 0 saturated heterocycles. The van der Waals surface area contributed by atoms with Crippen LogP contribution in [0, 0.1) is 0 Å². The van der Waals surface area contributed by atoms with E-state index in [1.807, 2.05) is 30.3 Å². The van der Waals surface area contributed by atoms with E-state index in [1.165, 1.54) is 31.4 Å². The number of aromatic nitrogens is 4. The van der Waals surface area contributed by atoms with Gasteiger partial charge in [0.25, 0.3) is 0 Å². The fraction of sp³-hybridized carbons (Fsp3) is 0.300. The molecule has 0 aliphatic carbocycles. The van der Waals surface area contributed by atoms with Gasteiger partial charge in [0.2, 0.25) is 5.91 Å². The lowest BCUT2D eigenvalue weighted by Gasteiger charge is -2.15. The van der Waals surface area contributed by atoms with Crippen LogP contribution in [0.25, 0.3) is 11.2 Å². The number of ether oxygens (including phenoxy) is 2. The van der Waals surface area contributed by atoms with Crippen LogP contribution in [0.2, 0.25) is 0 Å². The molecule has 2 aromatic heterocycles. The maximum Gasteiger partial charge on any atom is 0.328 e. The summed E-state index contributed by atoms with van der Waals surface area (Å²) < 4.78 is 10.7. The Morgan fingerprint density at radius 1 is 1.06 bits per heavy atom. The lowest BCUT2D eigenvalue weighted by Crippen LogP contribution is -2.44. The smallest absolute Gasteiger partial charge is 0.328 e. The molecule has 0 unspecified atom stereocenters. The van der Waals surface area contributed by atoms with Crippen LogP contribution in [-0.4, -0.2) is 57.6 Å². The maximum absolute atomic E-state index is 12.5. The van der Waals surface area contributed by atoms with E-state index < -0.39 is 23.9 Å². The molecule has 3 aromatic rings. The highest BCUT2D eigenvalue weighted by molar-refractivity contribution is 5.89. The third kappa shape index (κ3) is 5.53. The summed E-state index contributed by atoms with van der Waals surface area (Å²) in [5.41, 5.74) is 2.03. The van der Waals surface area contributed by atoms with Crippen molar-refractivity contribution in [1.82, 2.24) is 24.8 Å². The highest BCUT2D eigenvalue weighted by atomic mass is 16.5. The molecule has 3 rings (SSSR count). The van der Waals surface area contributed by atoms with Crippen LogP contribution in [0.3, 0.4) is 0 Å². The quantitative estimate of drug-likeness (QED) is 0.473. The lowest BCUT2D eigenvalue weighted by molar-refractivity contribution is -0.150. The molecule has 0 radical (unpaired) electrons. The van der Waals surface area contributed by atoms with Gasteiger partial charge in [-0.15, -0.1) is 0 Å². The molecule has 0 bridgehead atoms. The van der Waals surface area contributed by atoms with Crippen molar-refractivity contribution in [2.24, 2.45) is 0 Å². The number of anilines is 1. The first kappa shape index (κ1) is 21.7. The van der Waals surface area contributed by atoms with Gasteiger partial charge < -0.3 is 24.7 Å². The van der Waals surface area contributed by atoms with Crippen molar-refractivity contribution in [3.8, 4) is 0 Å². The number of methoxy groups -OCH3 is 2. The highest BCUT2D eigenvalue weighted by Crippen LogP contribution is 2.18. The number of imidazole rings is 1. The zero-order valence-corrected chi connectivity index (χ0v) is 17.1. The zero-order chi connectivity index (χ0) is 22.2. The number of nitrogens with zero attached hydrogens (tertiary/aromatic N) is 4. The van der Waals surface area contributed by atoms with E-state index in [2.05, 4.69) is 35.1 Å². The average molecular weight is 426 g/mol. The number of benzene rings is 1. The Morgan fingerprint density at radius 3 is 2.55 bits per heavy atom. The molecule has 1 aromatic carbocycles. The Morgan fingerprint density at radius 2 is 1.84 bits per heavy atom. The number of hydrogen-bond donors (Lipinski definition) is 2. The monoisotopic (exact) mass is 426 g/mol. The number of nitrogens with one attached hydrogen (secondary N) is 2. The topological polar surface area (TPSA) is 137 Å². The molecule has 0 aliphatic heterocycles. The molecular formula is C20H22N6O5. The molecular weight excluding hydrogens is 404 g/mol. The minimum atomic E-state index is -1.16. The summed E-state index contributed by atoms with van der Waals surface area (Å²) >= 11 is 0. The molecule has 0 fully saturated rings. The lowest BCUT2D eigenvalue weighted by atomic mass is 10.2. The molecule has 0 saturated carbocycles. The van der Waals surface area contributed by atoms with Gasteiger partial charge in [0, 0.05) is 6.54 Å². The molecule has 11 nitrogen and oxygen atoms in total. The Balaban J connectivity index is 1.70. The summed E-state index contributed by atoms with van der Waals surface area (Å²) in [7, 11) is 2.36. The van der Waals surface area contributed by atoms with Gasteiger partial charge in [-0.25, -0.2) is 19.7 Å². The number of rotatable bonds is 9. The predicted octanol–water partition coefficient (Wildman–Crippen LogP) is 0.659. The third-order valence-corrected chi connectivity index (χ3v) is 4.44. The summed E-state index contributed by atoms with van der Waals surface area (Å²) in [6, 6.07) is 8.65. The zero-order valence-electron chi connectivity index (χ0n) is 17.1. The van der Waals surface area contributed by atoms with Crippen molar-refractivity contribution in [2.75, 3.05) is 19.5 Å². The van der Waals surface area contributed by atoms with Crippen LogP contribution in [0.5, 0.6) is 0 Å². The fourth-order valence-corrected chi connectivity index (χ4v) is 2.89. The summed E-state index contributed by atoms with van der Waals surface area (Å²) in [6.07, 6.45) is 2.50. The standard InChI is InChI=1S/C20H22N6O5/c1-30-16(28)8-14(20(29)31-2)25-15(27)10-26-12-24-17-18(22-11-23-19(17)26)21-9-13-6-4-3-5-7-13/h3-7,11-12,14H,8-10H2,1-2H3,(H,25,27)(H,21,22,23)/t14-/m0/s1. The molecule has 162 valence electrons. The predicted molar refractivity (Wildman–Crippen MR) is 110 cm³/mol. The summed E-state index contributed by atoms with van der Waals surface area (Å²) in [5.74, 6) is -1.38. The minimum absolute atomic E-state index is 0.166. The second kappa shape index (κ2) is 10.1. The van der Waals surface area contributed by atoms with Gasteiger partial charge >= 0.3 is 11.9 Å². The van der Waals surface area contributed by atoms with Gasteiger partial charge in [-0.3, -0.25) is 9.59 Å². The highest BCUT2D eigenvalue weighted by Gasteiger charge is 2.25. The van der Waals surface area contributed by atoms with Crippen molar-refractivity contribution < 1.29 is 23.9 Å². The van der Waals surface area contributed by atoms with E-state index in [0.29, 0.717) is 23.5 Å². The summed E-state index contributed by atoms with van der Waals surface area (Å²) in [6.45, 7) is 0.384. The van der Waals surface area contributed by atoms with Crippen LogP contribution in [0.15, 0.2) is 43.0 Å². The Bertz CT molecular complexity index is 1070. The fourth-order valence-electron chi connectivity index (χ4n) is 2.89. The number of esters is 2. The van der Waals surface area contributed by atoms with Crippen molar-refractivity contribution >= 4 is 34.8 Å². The van der Waals surface area contributed by atoms with E-state index in [9.17, 15) is 14.4 Å². The number of fused-ring (bicyclic) bond motifs is 1. The first-order valence-corrected chi connectivity index (χ1v) is 9.39. The number of amides is 1. The van der Waals surface area contributed by atoms with Crippen molar-refractivity contribution in [3.63, 3.8) is 0 Å². The van der Waals surface area contributed by atoms with Gasteiger partial charge in [-0.05, 0) is 5.56 Å². The number of carbonyl (C=O) groups excluding carboxylic acids is 3. The van der Waals surface area contributed by atoms with Crippen LogP contribution >= 0.6 is 0 Å². The number of carbonyl (C=O) groups is 3. The van der Waals surface area contributed by atoms with Gasteiger partial charge in [0.05, 0.1) is 27.0 Å². The maximum atomic E-state index is 12.5. The normalized spacial score (nSPS) is 11.5. The molecule has 11 heteroatoms. The Hall–Kier alpha value is -4.02. The second-order valence-corrected chi connectivity index (χ2v) is 6.53. The SMILES string of the molecule is COC(=O)C[C@H](NC(=O)Cn1cnc2c(NCc3ccccc3)ncnc21)C(=O)OC. The van der Waals surface area contributed by atoms with Crippen LogP contribution in [0.4, 0.5) is 5.82 Å².